The third-order valence-corrected chi connectivity index (χ3v) is 13.5. The van der Waals surface area contributed by atoms with Crippen LogP contribution < -0.4 is 0 Å². The van der Waals surface area contributed by atoms with Crippen LogP contribution in [0, 0.1) is 0 Å². The largest absolute Gasteiger partial charge is 0.394 e. The van der Waals surface area contributed by atoms with Crippen molar-refractivity contribution in [3.05, 3.63) is 34.9 Å². The van der Waals surface area contributed by atoms with Crippen molar-refractivity contribution in [2.75, 3.05) is 13.2 Å². The quantitative estimate of drug-likeness (QED) is 0.0301. The number of ether oxygens (including phenoxy) is 2. The number of hydrogen-bond donors (Lipinski definition) is 11. The van der Waals surface area contributed by atoms with Gasteiger partial charge in [0, 0.05) is 0 Å². The zero-order valence-electron chi connectivity index (χ0n) is 41.7. The summed E-state index contributed by atoms with van der Waals surface area (Å²) in [6, 6.07) is 0. The molecule has 13 heteroatoms. The molecule has 0 spiro atoms. The van der Waals surface area contributed by atoms with E-state index in [9.17, 15) is 56.2 Å². The Balaban J connectivity index is 2.34. The van der Waals surface area contributed by atoms with E-state index in [0.717, 1.165) is 36.8 Å². The second-order valence-electron chi connectivity index (χ2n) is 21.7. The molecule has 0 amide bonds. The molecule has 1 aliphatic rings. The van der Waals surface area contributed by atoms with Crippen molar-refractivity contribution in [3.63, 3.8) is 0 Å². The Hall–Kier alpha value is -1.30. The molecule has 0 aromatic rings. The van der Waals surface area contributed by atoms with E-state index >= 15 is 0 Å². The molecule has 1 saturated heterocycles. The van der Waals surface area contributed by atoms with Crippen molar-refractivity contribution in [2.45, 2.75) is 274 Å². The van der Waals surface area contributed by atoms with Crippen LogP contribution in [0.4, 0.5) is 0 Å². The van der Waals surface area contributed by atoms with Gasteiger partial charge in [-0.3, -0.25) is 0 Å². The van der Waals surface area contributed by atoms with Gasteiger partial charge in [0.1, 0.15) is 24.4 Å². The number of allylic oxidation sites excluding steroid dienone is 5. The lowest BCUT2D eigenvalue weighted by Crippen LogP contribution is -2.59. The highest BCUT2D eigenvalue weighted by molar-refractivity contribution is 5.05. The lowest BCUT2D eigenvalue weighted by molar-refractivity contribution is -0.298. The van der Waals surface area contributed by atoms with Crippen LogP contribution in [0.15, 0.2) is 34.9 Å². The monoisotopic (exact) mass is 917 g/mol. The maximum atomic E-state index is 11.1. The lowest BCUT2D eigenvalue weighted by Gasteiger charge is -2.39. The van der Waals surface area contributed by atoms with Gasteiger partial charge >= 0.3 is 0 Å². The summed E-state index contributed by atoms with van der Waals surface area (Å²) in [5.74, 6) is 0. The van der Waals surface area contributed by atoms with E-state index < -0.39 is 77.0 Å². The summed E-state index contributed by atoms with van der Waals surface area (Å²) in [6.07, 6.45) is 11.0. The second kappa shape index (κ2) is 28.3. The van der Waals surface area contributed by atoms with Gasteiger partial charge in [0.25, 0.3) is 0 Å². The van der Waals surface area contributed by atoms with E-state index in [-0.39, 0.29) is 6.61 Å². The number of hydrogen-bond acceptors (Lipinski definition) is 13. The Morgan fingerprint density at radius 3 is 1.36 bits per heavy atom. The van der Waals surface area contributed by atoms with Gasteiger partial charge in [-0.1, -0.05) is 34.9 Å². The summed E-state index contributed by atoms with van der Waals surface area (Å²) in [5.41, 5.74) is -2.38. The molecule has 0 saturated carbocycles. The fourth-order valence-corrected chi connectivity index (χ4v) is 8.61. The highest BCUT2D eigenvalue weighted by atomic mass is 16.7. The lowest BCUT2D eigenvalue weighted by atomic mass is 9.83. The van der Waals surface area contributed by atoms with Gasteiger partial charge in [-0.15, -0.1) is 0 Å². The van der Waals surface area contributed by atoms with Crippen LogP contribution >= 0.6 is 0 Å². The van der Waals surface area contributed by atoms with Crippen LogP contribution in [0.25, 0.3) is 0 Å². The van der Waals surface area contributed by atoms with Gasteiger partial charge < -0.3 is 65.6 Å². The van der Waals surface area contributed by atoms with Crippen LogP contribution in [0.3, 0.4) is 0 Å². The molecule has 0 aromatic heterocycles. The van der Waals surface area contributed by atoms with Gasteiger partial charge in [0.2, 0.25) is 0 Å². The summed E-state index contributed by atoms with van der Waals surface area (Å²) >= 11 is 0. The van der Waals surface area contributed by atoms with Crippen LogP contribution in [0.2, 0.25) is 0 Å². The highest BCUT2D eigenvalue weighted by Gasteiger charge is 2.44. The van der Waals surface area contributed by atoms with E-state index in [4.69, 9.17) is 9.47 Å². The zero-order chi connectivity index (χ0) is 49.0. The Morgan fingerprint density at radius 2 is 0.938 bits per heavy atom. The molecule has 12 unspecified atom stereocenters. The van der Waals surface area contributed by atoms with E-state index in [1.165, 1.54) is 5.57 Å². The number of aliphatic hydroxyl groups is 11. The summed E-state index contributed by atoms with van der Waals surface area (Å²) in [5, 5.41) is 116. The van der Waals surface area contributed by atoms with E-state index in [1.807, 2.05) is 40.7 Å². The predicted octanol–water partition coefficient (Wildman–Crippen LogP) is 6.72. The highest BCUT2D eigenvalue weighted by Crippen LogP contribution is 2.32. The molecule has 0 aliphatic carbocycles. The van der Waals surface area contributed by atoms with Gasteiger partial charge in [0.15, 0.2) is 6.29 Å². The first-order valence-electron chi connectivity index (χ1n) is 24.3. The molecule has 13 nitrogen and oxygen atoms in total. The Bertz CT molecular complexity index is 1380. The topological polar surface area (TPSA) is 241 Å². The molecule has 1 heterocycles. The molecular weight excluding hydrogens is 821 g/mol. The molecule has 1 aliphatic heterocycles. The fourth-order valence-electron chi connectivity index (χ4n) is 8.61. The molecule has 1 fully saturated rings. The maximum Gasteiger partial charge on any atom is 0.187 e. The summed E-state index contributed by atoms with van der Waals surface area (Å²) < 4.78 is 10.9. The van der Waals surface area contributed by atoms with E-state index in [0.29, 0.717) is 109 Å². The third kappa shape index (κ3) is 26.3. The molecule has 12 atom stereocenters. The van der Waals surface area contributed by atoms with E-state index in [1.54, 1.807) is 20.8 Å². The molecule has 0 aromatic carbocycles. The standard InChI is InChI=1S/C51H96O13/c1-37(2)18-12-24-46(5,57)25-13-26-47(6,58)27-14-28-48(7,59)29-15-30-49(8,60)31-16-32-50(9,61)33-17-34-51(10,62)41(53)22-21-38(3)19-11-20-39(4)23-35-63-45-44(56)43(55)42(54)40(36-52)64-45/h18-19,23,40-45,52-62H,11-17,20-22,24-36H2,1-10H3. The minimum absolute atomic E-state index is 0.115. The van der Waals surface area contributed by atoms with Crippen molar-refractivity contribution < 1.29 is 65.6 Å². The molecule has 378 valence electrons. The maximum absolute atomic E-state index is 11.1. The Kier molecular flexibility index (Phi) is 26.8. The predicted molar refractivity (Wildman–Crippen MR) is 253 cm³/mol. The Labute approximate surface area is 387 Å². The average Bonchev–Trinajstić information content (AvgIpc) is 3.15. The van der Waals surface area contributed by atoms with E-state index in [2.05, 4.69) is 26.0 Å². The minimum Gasteiger partial charge on any atom is -0.394 e. The van der Waals surface area contributed by atoms with Crippen LogP contribution in [-0.4, -0.2) is 140 Å². The average molecular weight is 917 g/mol. The second-order valence-corrected chi connectivity index (χ2v) is 21.7. The summed E-state index contributed by atoms with van der Waals surface area (Å²) in [6.45, 7) is 18.4. The zero-order valence-corrected chi connectivity index (χ0v) is 41.7. The molecule has 11 N–H and O–H groups in total. The third-order valence-electron chi connectivity index (χ3n) is 13.5. The van der Waals surface area contributed by atoms with Crippen molar-refractivity contribution in [1.82, 2.24) is 0 Å². The van der Waals surface area contributed by atoms with Crippen LogP contribution in [-0.2, 0) is 9.47 Å². The first kappa shape index (κ1) is 60.7. The summed E-state index contributed by atoms with van der Waals surface area (Å²) in [4.78, 5) is 0. The minimum atomic E-state index is -1.49. The number of aliphatic hydroxyl groups excluding tert-OH is 5. The van der Waals surface area contributed by atoms with Gasteiger partial charge in [-0.05, 0) is 204 Å². The van der Waals surface area contributed by atoms with Crippen molar-refractivity contribution in [3.8, 4) is 0 Å². The van der Waals surface area contributed by atoms with Crippen molar-refractivity contribution >= 4 is 0 Å². The van der Waals surface area contributed by atoms with Crippen LogP contribution in [0.5, 0.6) is 0 Å². The number of rotatable bonds is 34. The SMILES string of the molecule is CC(C)=CCCC(C)(O)CCCC(C)(O)CCCC(C)(O)CCCC(C)(O)CCCC(C)(O)CCCC(C)(O)C(O)CCC(C)=CCCC(C)=CCOC1OC(CO)C(O)C(O)C1O. The first-order valence-corrected chi connectivity index (χ1v) is 24.3. The normalized spacial score (nSPS) is 26.2. The Morgan fingerprint density at radius 1 is 0.531 bits per heavy atom. The van der Waals surface area contributed by atoms with Crippen molar-refractivity contribution in [2.24, 2.45) is 0 Å². The molecule has 64 heavy (non-hydrogen) atoms. The summed E-state index contributed by atoms with van der Waals surface area (Å²) in [7, 11) is 0. The van der Waals surface area contributed by atoms with Crippen LogP contribution in [0.1, 0.15) is 204 Å². The first-order chi connectivity index (χ1) is 29.4. The van der Waals surface area contributed by atoms with Crippen molar-refractivity contribution in [1.29, 1.82) is 0 Å². The molecule has 1 rings (SSSR count). The fraction of sp³-hybridized carbons (Fsp3) is 0.882. The molecule has 0 bridgehead atoms. The molecular formula is C51H96O13. The van der Waals surface area contributed by atoms with Gasteiger partial charge in [-0.2, -0.15) is 0 Å². The molecule has 0 radical (unpaired) electrons. The van der Waals surface area contributed by atoms with Gasteiger partial charge in [-0.25, -0.2) is 0 Å². The van der Waals surface area contributed by atoms with Gasteiger partial charge in [0.05, 0.1) is 52.9 Å². The smallest absolute Gasteiger partial charge is 0.187 e.